The predicted molar refractivity (Wildman–Crippen MR) is 82.2 cm³/mol. The Labute approximate surface area is 124 Å². The van der Waals surface area contributed by atoms with Gasteiger partial charge in [-0.3, -0.25) is 4.79 Å². The highest BCUT2D eigenvalue weighted by atomic mass is 35.5. The number of halogens is 1. The summed E-state index contributed by atoms with van der Waals surface area (Å²) in [6.07, 6.45) is 0. The van der Waals surface area contributed by atoms with Crippen molar-refractivity contribution in [3.05, 3.63) is 24.1 Å². The lowest BCUT2D eigenvalue weighted by Gasteiger charge is -2.11. The minimum absolute atomic E-state index is 0. The summed E-state index contributed by atoms with van der Waals surface area (Å²) in [5, 5.41) is 2.74. The van der Waals surface area contributed by atoms with Crippen molar-refractivity contribution < 1.29 is 9.21 Å². The van der Waals surface area contributed by atoms with Gasteiger partial charge in [0.25, 0.3) is 0 Å². The van der Waals surface area contributed by atoms with Gasteiger partial charge in [-0.1, -0.05) is 20.8 Å². The van der Waals surface area contributed by atoms with E-state index in [2.05, 4.69) is 10.3 Å². The van der Waals surface area contributed by atoms with E-state index in [0.29, 0.717) is 17.2 Å². The van der Waals surface area contributed by atoms with Gasteiger partial charge < -0.3 is 15.5 Å². The molecular weight excluding hydrogens is 278 g/mol. The van der Waals surface area contributed by atoms with Gasteiger partial charge in [0, 0.05) is 11.1 Å². The van der Waals surface area contributed by atoms with Gasteiger partial charge in [0.2, 0.25) is 11.8 Å². The molecule has 110 valence electrons. The predicted octanol–water partition coefficient (Wildman–Crippen LogP) is 2.83. The number of nitrogens with two attached hydrogens (primary N) is 1. The molecule has 1 aromatic carbocycles. The topological polar surface area (TPSA) is 81.2 Å². The Kier molecular flexibility index (Phi) is 4.78. The smallest absolute Gasteiger partial charge is 0.240 e. The van der Waals surface area contributed by atoms with Gasteiger partial charge >= 0.3 is 0 Å². The van der Waals surface area contributed by atoms with E-state index in [1.54, 1.807) is 25.1 Å². The Morgan fingerprint density at radius 3 is 2.60 bits per heavy atom. The molecule has 0 bridgehead atoms. The molecule has 0 saturated carbocycles. The van der Waals surface area contributed by atoms with Crippen LogP contribution in [0, 0.1) is 0 Å². The maximum Gasteiger partial charge on any atom is 0.240 e. The molecule has 1 amide bonds. The number of amides is 1. The SMILES string of the molecule is C[C@@H](N)C(=O)Nc1ccc2oc(C(C)(C)C)nc2c1.Cl. The van der Waals surface area contributed by atoms with Crippen LogP contribution >= 0.6 is 12.4 Å². The second-order valence-corrected chi connectivity index (χ2v) is 5.73. The minimum atomic E-state index is -0.543. The molecule has 5 nitrogen and oxygen atoms in total. The van der Waals surface area contributed by atoms with Crippen LogP contribution in [0.5, 0.6) is 0 Å². The van der Waals surface area contributed by atoms with Gasteiger partial charge in [-0.05, 0) is 25.1 Å². The van der Waals surface area contributed by atoms with E-state index in [4.69, 9.17) is 10.2 Å². The van der Waals surface area contributed by atoms with Crippen molar-refractivity contribution in [1.82, 2.24) is 4.98 Å². The lowest BCUT2D eigenvalue weighted by atomic mass is 9.97. The Morgan fingerprint density at radius 2 is 2.05 bits per heavy atom. The molecule has 1 aromatic heterocycles. The van der Waals surface area contributed by atoms with E-state index < -0.39 is 6.04 Å². The van der Waals surface area contributed by atoms with Crippen molar-refractivity contribution in [2.24, 2.45) is 5.73 Å². The van der Waals surface area contributed by atoms with Crippen LogP contribution in [0.3, 0.4) is 0 Å². The maximum atomic E-state index is 11.5. The molecule has 0 aliphatic rings. The average Bonchev–Trinajstić information content (AvgIpc) is 2.71. The fourth-order valence-corrected chi connectivity index (χ4v) is 1.58. The van der Waals surface area contributed by atoms with Crippen molar-refractivity contribution in [3.8, 4) is 0 Å². The number of fused-ring (bicyclic) bond motifs is 1. The lowest BCUT2D eigenvalue weighted by Crippen LogP contribution is -2.32. The summed E-state index contributed by atoms with van der Waals surface area (Å²) in [7, 11) is 0. The number of hydrogen-bond acceptors (Lipinski definition) is 4. The lowest BCUT2D eigenvalue weighted by molar-refractivity contribution is -0.117. The molecule has 0 fully saturated rings. The van der Waals surface area contributed by atoms with Crippen molar-refractivity contribution >= 4 is 35.1 Å². The summed E-state index contributed by atoms with van der Waals surface area (Å²) in [5.41, 5.74) is 7.48. The van der Waals surface area contributed by atoms with Crippen LogP contribution in [0.1, 0.15) is 33.6 Å². The van der Waals surface area contributed by atoms with Crippen LogP contribution in [-0.2, 0) is 10.2 Å². The van der Waals surface area contributed by atoms with E-state index in [9.17, 15) is 4.79 Å². The van der Waals surface area contributed by atoms with Gasteiger partial charge in [-0.25, -0.2) is 4.98 Å². The molecule has 20 heavy (non-hydrogen) atoms. The Balaban J connectivity index is 0.00000200. The summed E-state index contributed by atoms with van der Waals surface area (Å²) in [4.78, 5) is 16.0. The second-order valence-electron chi connectivity index (χ2n) is 5.73. The van der Waals surface area contributed by atoms with Gasteiger partial charge in [-0.15, -0.1) is 12.4 Å². The Hall–Kier alpha value is -1.59. The third-order valence-electron chi connectivity index (χ3n) is 2.71. The number of oxazole rings is 1. The van der Waals surface area contributed by atoms with E-state index in [-0.39, 0.29) is 23.7 Å². The molecule has 1 heterocycles. The number of anilines is 1. The molecule has 0 saturated heterocycles. The van der Waals surface area contributed by atoms with Crippen LogP contribution in [-0.4, -0.2) is 16.9 Å². The quantitative estimate of drug-likeness (QED) is 0.893. The second kappa shape index (κ2) is 5.81. The zero-order valence-electron chi connectivity index (χ0n) is 12.1. The number of aromatic nitrogens is 1. The number of nitrogens with zero attached hydrogens (tertiary/aromatic N) is 1. The number of hydrogen-bond donors (Lipinski definition) is 2. The molecule has 6 heteroatoms. The summed E-state index contributed by atoms with van der Waals surface area (Å²) >= 11 is 0. The summed E-state index contributed by atoms with van der Waals surface area (Å²) in [6.45, 7) is 7.76. The molecule has 3 N–H and O–H groups in total. The first-order chi connectivity index (χ1) is 8.77. The summed E-state index contributed by atoms with van der Waals surface area (Å²) < 4.78 is 5.69. The number of benzene rings is 1. The summed E-state index contributed by atoms with van der Waals surface area (Å²) in [6, 6.07) is 4.82. The van der Waals surface area contributed by atoms with Crippen LogP contribution < -0.4 is 11.1 Å². The molecule has 0 unspecified atom stereocenters. The largest absolute Gasteiger partial charge is 0.440 e. The van der Waals surface area contributed by atoms with Crippen LogP contribution in [0.2, 0.25) is 0 Å². The third-order valence-corrected chi connectivity index (χ3v) is 2.71. The van der Waals surface area contributed by atoms with E-state index in [1.165, 1.54) is 0 Å². The Bertz CT molecular complexity index is 614. The molecule has 1 atom stereocenters. The number of carbonyl (C=O) groups excluding carboxylic acids is 1. The van der Waals surface area contributed by atoms with Crippen molar-refractivity contribution in [2.45, 2.75) is 39.2 Å². The first kappa shape index (κ1) is 16.5. The molecule has 2 aromatic rings. The van der Waals surface area contributed by atoms with Crippen molar-refractivity contribution in [1.29, 1.82) is 0 Å². The number of rotatable bonds is 2. The normalized spacial score (nSPS) is 12.8. The standard InChI is InChI=1S/C14H19N3O2.ClH/c1-8(15)12(18)16-9-5-6-11-10(7-9)17-13(19-11)14(2,3)4;/h5-8H,15H2,1-4H3,(H,16,18);1H/t8-;/m1./s1. The molecule has 0 spiro atoms. The zero-order chi connectivity index (χ0) is 14.2. The number of nitrogens with one attached hydrogen (secondary N) is 1. The van der Waals surface area contributed by atoms with Crippen molar-refractivity contribution in [3.63, 3.8) is 0 Å². The zero-order valence-corrected chi connectivity index (χ0v) is 12.9. The van der Waals surface area contributed by atoms with Gasteiger partial charge in [0.1, 0.15) is 5.52 Å². The summed E-state index contributed by atoms with van der Waals surface area (Å²) in [5.74, 6) is 0.456. The molecule has 0 aliphatic carbocycles. The van der Waals surface area contributed by atoms with Crippen LogP contribution in [0.15, 0.2) is 22.6 Å². The van der Waals surface area contributed by atoms with Crippen LogP contribution in [0.25, 0.3) is 11.1 Å². The molecule has 0 aliphatic heterocycles. The number of carbonyl (C=O) groups is 1. The monoisotopic (exact) mass is 297 g/mol. The molecule has 2 rings (SSSR count). The maximum absolute atomic E-state index is 11.5. The Morgan fingerprint density at radius 1 is 1.40 bits per heavy atom. The highest BCUT2D eigenvalue weighted by Gasteiger charge is 2.21. The fourth-order valence-electron chi connectivity index (χ4n) is 1.58. The highest BCUT2D eigenvalue weighted by molar-refractivity contribution is 5.95. The first-order valence-electron chi connectivity index (χ1n) is 6.25. The average molecular weight is 298 g/mol. The van der Waals surface area contributed by atoms with Gasteiger partial charge in [-0.2, -0.15) is 0 Å². The molecule has 0 radical (unpaired) electrons. The van der Waals surface area contributed by atoms with E-state index in [0.717, 1.165) is 5.52 Å². The van der Waals surface area contributed by atoms with E-state index in [1.807, 2.05) is 20.8 Å². The minimum Gasteiger partial charge on any atom is -0.440 e. The fraction of sp³-hybridized carbons (Fsp3) is 0.429. The third kappa shape index (κ3) is 3.49. The van der Waals surface area contributed by atoms with E-state index >= 15 is 0 Å². The molecular formula is C14H20ClN3O2. The van der Waals surface area contributed by atoms with Gasteiger partial charge in [0.05, 0.1) is 6.04 Å². The first-order valence-corrected chi connectivity index (χ1v) is 6.25. The van der Waals surface area contributed by atoms with Gasteiger partial charge in [0.15, 0.2) is 5.58 Å². The van der Waals surface area contributed by atoms with Crippen LogP contribution in [0.4, 0.5) is 5.69 Å². The highest BCUT2D eigenvalue weighted by Crippen LogP contribution is 2.27. The van der Waals surface area contributed by atoms with Crippen molar-refractivity contribution in [2.75, 3.05) is 5.32 Å².